The van der Waals surface area contributed by atoms with Crippen LogP contribution in [0.3, 0.4) is 0 Å². The number of carbonyl (C=O) groups is 1. The van der Waals surface area contributed by atoms with Crippen LogP contribution >= 0.6 is 0 Å². The van der Waals surface area contributed by atoms with E-state index in [1.54, 1.807) is 12.1 Å². The lowest BCUT2D eigenvalue weighted by atomic mass is 10.1. The fourth-order valence-corrected chi connectivity index (χ4v) is 3.03. The van der Waals surface area contributed by atoms with Crippen molar-refractivity contribution in [2.45, 2.75) is 0 Å². The molecule has 1 aromatic heterocycles. The number of esters is 1. The molecule has 128 valence electrons. The number of fused-ring (bicyclic) bond motifs is 1. The van der Waals surface area contributed by atoms with Crippen molar-refractivity contribution >= 4 is 39.6 Å². The summed E-state index contributed by atoms with van der Waals surface area (Å²) in [5.74, 6) is -1.44. The van der Waals surface area contributed by atoms with E-state index in [4.69, 9.17) is 0 Å². The maximum Gasteiger partial charge on any atom is 0.340 e. The van der Waals surface area contributed by atoms with E-state index < -0.39 is 23.1 Å². The summed E-state index contributed by atoms with van der Waals surface area (Å²) in [6.07, 6.45) is 2.91. The molecular weight excluding hydrogens is 349 g/mol. The molecule has 1 unspecified atom stereocenters. The summed E-state index contributed by atoms with van der Waals surface area (Å²) in [7, 11) is 1.17. The molecule has 0 aliphatic carbocycles. The second kappa shape index (κ2) is 6.91. The second-order valence-electron chi connectivity index (χ2n) is 4.88. The second-order valence-corrected chi connectivity index (χ2v) is 5.71. The van der Waals surface area contributed by atoms with Crippen LogP contribution in [0, 0.1) is 5.82 Å². The predicted molar refractivity (Wildman–Crippen MR) is 90.2 cm³/mol. The number of anilines is 2. The average Bonchev–Trinajstić information content (AvgIpc) is 2.61. The lowest BCUT2D eigenvalue weighted by Gasteiger charge is -2.23. The van der Waals surface area contributed by atoms with Crippen LogP contribution in [0.1, 0.15) is 10.4 Å². The van der Waals surface area contributed by atoms with E-state index in [1.807, 2.05) is 0 Å². The molecule has 0 aliphatic heterocycles. The summed E-state index contributed by atoms with van der Waals surface area (Å²) in [5, 5.41) is 0. The van der Waals surface area contributed by atoms with Crippen molar-refractivity contribution in [2.24, 2.45) is 0 Å². The van der Waals surface area contributed by atoms with Crippen LogP contribution in [0.4, 0.5) is 15.8 Å². The summed E-state index contributed by atoms with van der Waals surface area (Å²) >= 11 is -2.61. The van der Waals surface area contributed by atoms with Crippen LogP contribution in [0.2, 0.25) is 0 Å². The van der Waals surface area contributed by atoms with Crippen molar-refractivity contribution < 1.29 is 22.7 Å². The fourth-order valence-electron chi connectivity index (χ4n) is 2.39. The predicted octanol–water partition coefficient (Wildman–Crippen LogP) is 2.83. The monoisotopic (exact) mass is 361 g/mol. The van der Waals surface area contributed by atoms with E-state index in [1.165, 1.54) is 31.6 Å². The Balaban J connectivity index is 2.29. The standard InChI is InChI=1S/C16H12FN3O4S/c1-24-16(21)11-6-5-10(17)9-14(11)20(25(22)23)13-4-2-3-12-15(13)19-8-7-18-12/h2-9H,1H3,(H,22,23). The number of para-hydroxylation sites is 1. The van der Waals surface area contributed by atoms with Crippen LogP contribution in [-0.2, 0) is 16.0 Å². The number of aromatic nitrogens is 2. The van der Waals surface area contributed by atoms with E-state index in [9.17, 15) is 17.9 Å². The lowest BCUT2D eigenvalue weighted by Crippen LogP contribution is -2.23. The molecule has 3 rings (SSSR count). The Morgan fingerprint density at radius 2 is 1.96 bits per heavy atom. The van der Waals surface area contributed by atoms with E-state index in [0.29, 0.717) is 11.0 Å². The Morgan fingerprint density at radius 3 is 2.68 bits per heavy atom. The molecule has 0 fully saturated rings. The minimum atomic E-state index is -2.61. The number of benzene rings is 2. The normalized spacial score (nSPS) is 12.0. The van der Waals surface area contributed by atoms with Crippen molar-refractivity contribution in [1.82, 2.24) is 9.97 Å². The van der Waals surface area contributed by atoms with Gasteiger partial charge in [0.05, 0.1) is 29.6 Å². The molecule has 0 radical (unpaired) electrons. The van der Waals surface area contributed by atoms with Crippen molar-refractivity contribution in [3.05, 3.63) is 60.2 Å². The van der Waals surface area contributed by atoms with Gasteiger partial charge in [-0.2, -0.15) is 0 Å². The number of rotatable bonds is 4. The van der Waals surface area contributed by atoms with Gasteiger partial charge in [0.15, 0.2) is 0 Å². The average molecular weight is 361 g/mol. The third-order valence-corrected chi connectivity index (χ3v) is 4.14. The zero-order valence-electron chi connectivity index (χ0n) is 12.9. The smallest absolute Gasteiger partial charge is 0.340 e. The molecule has 2 aromatic carbocycles. The van der Waals surface area contributed by atoms with Crippen LogP contribution in [0.15, 0.2) is 48.8 Å². The van der Waals surface area contributed by atoms with Gasteiger partial charge in [0.25, 0.3) is 11.3 Å². The third kappa shape index (κ3) is 3.19. The Kier molecular flexibility index (Phi) is 4.68. The van der Waals surface area contributed by atoms with Gasteiger partial charge in [0.1, 0.15) is 11.3 Å². The van der Waals surface area contributed by atoms with Gasteiger partial charge in [0, 0.05) is 12.4 Å². The van der Waals surface area contributed by atoms with E-state index in [2.05, 4.69) is 14.7 Å². The molecule has 0 saturated heterocycles. The van der Waals surface area contributed by atoms with Crippen LogP contribution < -0.4 is 4.31 Å². The van der Waals surface area contributed by atoms with E-state index >= 15 is 0 Å². The van der Waals surface area contributed by atoms with E-state index in [-0.39, 0.29) is 16.9 Å². The number of ether oxygens (including phenoxy) is 1. The van der Waals surface area contributed by atoms with Gasteiger partial charge in [0.2, 0.25) is 0 Å². The van der Waals surface area contributed by atoms with Gasteiger partial charge in [-0.1, -0.05) is 6.07 Å². The highest BCUT2D eigenvalue weighted by Gasteiger charge is 2.25. The first kappa shape index (κ1) is 16.9. The Bertz CT molecular complexity index is 977. The van der Waals surface area contributed by atoms with Crippen molar-refractivity contribution in [3.8, 4) is 0 Å². The largest absolute Gasteiger partial charge is 0.465 e. The first-order chi connectivity index (χ1) is 12.0. The molecule has 9 heteroatoms. The minimum Gasteiger partial charge on any atom is -0.465 e. The number of hydrogen-bond acceptors (Lipinski definition) is 5. The maximum absolute atomic E-state index is 13.8. The number of nitrogens with zero attached hydrogens (tertiary/aromatic N) is 3. The molecule has 1 heterocycles. The Labute approximate surface area is 144 Å². The molecule has 25 heavy (non-hydrogen) atoms. The zero-order chi connectivity index (χ0) is 18.0. The number of halogens is 1. The maximum atomic E-state index is 13.8. The number of carbonyl (C=O) groups excluding carboxylic acids is 1. The first-order valence-corrected chi connectivity index (χ1v) is 8.08. The molecule has 1 atom stereocenters. The van der Waals surface area contributed by atoms with Gasteiger partial charge in [-0.25, -0.2) is 17.7 Å². The van der Waals surface area contributed by atoms with Crippen molar-refractivity contribution in [2.75, 3.05) is 11.4 Å². The van der Waals surface area contributed by atoms with Crippen LogP contribution in [0.5, 0.6) is 0 Å². The summed E-state index contributed by atoms with van der Waals surface area (Å²) in [6, 6.07) is 8.05. The minimum absolute atomic E-state index is 0.0628. The Morgan fingerprint density at radius 1 is 1.20 bits per heavy atom. The quantitative estimate of drug-likeness (QED) is 0.567. The molecule has 0 amide bonds. The summed E-state index contributed by atoms with van der Waals surface area (Å²) in [6.45, 7) is 0. The van der Waals surface area contributed by atoms with E-state index in [0.717, 1.165) is 16.4 Å². The highest BCUT2D eigenvalue weighted by molar-refractivity contribution is 7.81. The van der Waals surface area contributed by atoms with Gasteiger partial charge in [-0.15, -0.1) is 0 Å². The molecular formula is C16H12FN3O4S. The lowest BCUT2D eigenvalue weighted by molar-refractivity contribution is 0.0601. The third-order valence-electron chi connectivity index (χ3n) is 3.44. The zero-order valence-corrected chi connectivity index (χ0v) is 13.7. The Hall–Kier alpha value is -2.91. The molecule has 0 aliphatic rings. The van der Waals surface area contributed by atoms with Crippen LogP contribution in [0.25, 0.3) is 11.0 Å². The number of hydrogen-bond donors (Lipinski definition) is 1. The summed E-state index contributed by atoms with van der Waals surface area (Å²) < 4.78 is 41.2. The SMILES string of the molecule is COC(=O)c1ccc(F)cc1N(c1cccc2nccnc12)S(=O)O. The molecule has 3 aromatic rings. The topological polar surface area (TPSA) is 92.6 Å². The molecule has 0 saturated carbocycles. The molecule has 1 N–H and O–H groups in total. The molecule has 0 bridgehead atoms. The highest BCUT2D eigenvalue weighted by atomic mass is 32.2. The fraction of sp³-hybridized carbons (Fsp3) is 0.0625. The highest BCUT2D eigenvalue weighted by Crippen LogP contribution is 2.34. The van der Waals surface area contributed by atoms with Gasteiger partial charge >= 0.3 is 5.97 Å². The van der Waals surface area contributed by atoms with Gasteiger partial charge in [-0.3, -0.25) is 14.5 Å². The van der Waals surface area contributed by atoms with Crippen molar-refractivity contribution in [3.63, 3.8) is 0 Å². The summed E-state index contributed by atoms with van der Waals surface area (Å²) in [4.78, 5) is 20.3. The van der Waals surface area contributed by atoms with Crippen molar-refractivity contribution in [1.29, 1.82) is 0 Å². The summed E-state index contributed by atoms with van der Waals surface area (Å²) in [5.41, 5.74) is 0.819. The first-order valence-electron chi connectivity index (χ1n) is 7.01. The molecule has 7 nitrogen and oxygen atoms in total. The van der Waals surface area contributed by atoms with Crippen LogP contribution in [-0.4, -0.2) is 31.8 Å². The molecule has 0 spiro atoms. The van der Waals surface area contributed by atoms with Gasteiger partial charge in [-0.05, 0) is 30.3 Å². The van der Waals surface area contributed by atoms with Gasteiger partial charge < -0.3 is 4.74 Å². The number of methoxy groups -OCH3 is 1.